The molecule has 0 spiro atoms. The average Bonchev–Trinajstić information content (AvgIpc) is 3.23. The molecule has 3 aromatic rings. The molecule has 1 aromatic heterocycles. The number of carbonyl (C=O) groups is 1. The lowest BCUT2D eigenvalue weighted by Crippen LogP contribution is -2.31. The molecule has 0 saturated carbocycles. The third kappa shape index (κ3) is 4.56. The first kappa shape index (κ1) is 20.9. The summed E-state index contributed by atoms with van der Waals surface area (Å²) in [6.07, 6.45) is 3.57. The van der Waals surface area contributed by atoms with E-state index in [1.165, 1.54) is 6.33 Å². The van der Waals surface area contributed by atoms with Crippen LogP contribution in [0.5, 0.6) is 5.75 Å². The summed E-state index contributed by atoms with van der Waals surface area (Å²) < 4.78 is 7.50. The number of anilines is 2. The molecule has 1 atom stereocenters. The van der Waals surface area contributed by atoms with Crippen molar-refractivity contribution in [2.45, 2.75) is 32.7 Å². The van der Waals surface area contributed by atoms with Gasteiger partial charge in [-0.1, -0.05) is 37.1 Å². The Kier molecular flexibility index (Phi) is 6.23. The standard InChI is InChI=1S/C23H24ClN5O2/c1-3-4-13-31-19-11-5-16(6-12-19)21-20(15(2)27-23-25-14-26-29(21)23)22(30)28-18-9-7-17(24)8-10-18/h5-12,14,21H,3-4,13H2,1-2H3,(H,28,30)(H,25,26,27)/t21-/m1/s1. The van der Waals surface area contributed by atoms with Gasteiger partial charge in [-0.05, 0) is 55.3 Å². The Bertz CT molecular complexity index is 1090. The molecule has 1 aliphatic heterocycles. The highest BCUT2D eigenvalue weighted by molar-refractivity contribution is 6.30. The fourth-order valence-corrected chi connectivity index (χ4v) is 3.63. The molecule has 2 N–H and O–H groups in total. The lowest BCUT2D eigenvalue weighted by atomic mass is 9.95. The maximum atomic E-state index is 13.3. The van der Waals surface area contributed by atoms with E-state index in [0.29, 0.717) is 28.8 Å². The molecular formula is C23H24ClN5O2. The van der Waals surface area contributed by atoms with Crippen LogP contribution in [0.2, 0.25) is 5.02 Å². The number of benzene rings is 2. The fourth-order valence-electron chi connectivity index (χ4n) is 3.51. The molecule has 2 aromatic carbocycles. The maximum Gasteiger partial charge on any atom is 0.255 e. The number of unbranched alkanes of at least 4 members (excludes halogenated alkanes) is 1. The van der Waals surface area contributed by atoms with Gasteiger partial charge in [0.15, 0.2) is 0 Å². The molecule has 0 radical (unpaired) electrons. The van der Waals surface area contributed by atoms with Crippen molar-refractivity contribution in [1.82, 2.24) is 14.8 Å². The van der Waals surface area contributed by atoms with Crippen molar-refractivity contribution < 1.29 is 9.53 Å². The van der Waals surface area contributed by atoms with Crippen LogP contribution in [0.15, 0.2) is 66.1 Å². The Labute approximate surface area is 186 Å². The summed E-state index contributed by atoms with van der Waals surface area (Å²) in [5.74, 6) is 1.17. The molecule has 2 heterocycles. The van der Waals surface area contributed by atoms with E-state index in [1.807, 2.05) is 31.2 Å². The SMILES string of the molecule is CCCCOc1ccc([C@@H]2C(C(=O)Nc3ccc(Cl)cc3)=C(C)Nc3ncnn32)cc1. The molecule has 160 valence electrons. The van der Waals surface area contributed by atoms with Gasteiger partial charge < -0.3 is 15.4 Å². The smallest absolute Gasteiger partial charge is 0.255 e. The van der Waals surface area contributed by atoms with Crippen LogP contribution in [-0.4, -0.2) is 27.3 Å². The van der Waals surface area contributed by atoms with Crippen molar-refractivity contribution in [1.29, 1.82) is 0 Å². The highest BCUT2D eigenvalue weighted by Crippen LogP contribution is 2.35. The van der Waals surface area contributed by atoms with Gasteiger partial charge in [0.2, 0.25) is 5.95 Å². The number of amides is 1. The third-order valence-electron chi connectivity index (χ3n) is 5.10. The number of nitrogens with zero attached hydrogens (tertiary/aromatic N) is 3. The number of fused-ring (bicyclic) bond motifs is 1. The van der Waals surface area contributed by atoms with Crippen molar-refractivity contribution in [2.24, 2.45) is 0 Å². The second-order valence-corrected chi connectivity index (χ2v) is 7.76. The predicted octanol–water partition coefficient (Wildman–Crippen LogP) is 5.04. The molecule has 1 amide bonds. The molecule has 4 rings (SSSR count). The van der Waals surface area contributed by atoms with Crippen LogP contribution in [-0.2, 0) is 4.79 Å². The topological polar surface area (TPSA) is 81.1 Å². The van der Waals surface area contributed by atoms with E-state index in [9.17, 15) is 4.79 Å². The van der Waals surface area contributed by atoms with Crippen LogP contribution in [0.25, 0.3) is 0 Å². The summed E-state index contributed by atoms with van der Waals surface area (Å²) in [6, 6.07) is 14.4. The average molecular weight is 438 g/mol. The Morgan fingerprint density at radius 1 is 1.19 bits per heavy atom. The molecule has 0 fully saturated rings. The monoisotopic (exact) mass is 437 g/mol. The van der Waals surface area contributed by atoms with Crippen molar-refractivity contribution in [2.75, 3.05) is 17.2 Å². The van der Waals surface area contributed by atoms with Gasteiger partial charge in [-0.2, -0.15) is 10.1 Å². The van der Waals surface area contributed by atoms with E-state index in [2.05, 4.69) is 27.6 Å². The maximum absolute atomic E-state index is 13.3. The number of aromatic nitrogens is 3. The molecule has 0 bridgehead atoms. The molecular weight excluding hydrogens is 414 g/mol. The van der Waals surface area contributed by atoms with Gasteiger partial charge in [-0.3, -0.25) is 4.79 Å². The van der Waals surface area contributed by atoms with E-state index < -0.39 is 6.04 Å². The summed E-state index contributed by atoms with van der Waals surface area (Å²) in [5, 5.41) is 11.1. The van der Waals surface area contributed by atoms with Crippen LogP contribution in [0.3, 0.4) is 0 Å². The fraction of sp³-hybridized carbons (Fsp3) is 0.261. The normalized spacial score (nSPS) is 15.3. The first-order valence-corrected chi connectivity index (χ1v) is 10.6. The lowest BCUT2D eigenvalue weighted by molar-refractivity contribution is -0.113. The van der Waals surface area contributed by atoms with Crippen LogP contribution in [0.4, 0.5) is 11.6 Å². The first-order valence-electron chi connectivity index (χ1n) is 10.2. The van der Waals surface area contributed by atoms with E-state index in [-0.39, 0.29) is 5.91 Å². The zero-order chi connectivity index (χ0) is 21.8. The highest BCUT2D eigenvalue weighted by Gasteiger charge is 2.33. The van der Waals surface area contributed by atoms with E-state index in [0.717, 1.165) is 29.9 Å². The quantitative estimate of drug-likeness (QED) is 0.506. The number of ether oxygens (including phenoxy) is 1. The highest BCUT2D eigenvalue weighted by atomic mass is 35.5. The molecule has 8 heteroatoms. The minimum absolute atomic E-state index is 0.221. The Morgan fingerprint density at radius 3 is 2.65 bits per heavy atom. The van der Waals surface area contributed by atoms with Crippen LogP contribution in [0, 0.1) is 0 Å². The number of halogens is 1. The first-order chi connectivity index (χ1) is 15.1. The molecule has 1 aliphatic rings. The zero-order valence-electron chi connectivity index (χ0n) is 17.4. The number of rotatable bonds is 7. The number of hydrogen-bond acceptors (Lipinski definition) is 5. The van der Waals surface area contributed by atoms with Gasteiger partial charge in [0.1, 0.15) is 18.1 Å². The molecule has 31 heavy (non-hydrogen) atoms. The molecule has 0 saturated heterocycles. The van der Waals surface area contributed by atoms with Gasteiger partial charge in [-0.15, -0.1) is 0 Å². The third-order valence-corrected chi connectivity index (χ3v) is 5.36. The summed E-state index contributed by atoms with van der Waals surface area (Å²) in [6.45, 7) is 4.68. The second kappa shape index (κ2) is 9.22. The summed E-state index contributed by atoms with van der Waals surface area (Å²) >= 11 is 5.96. The zero-order valence-corrected chi connectivity index (χ0v) is 18.2. The van der Waals surface area contributed by atoms with Crippen LogP contribution in [0.1, 0.15) is 38.3 Å². The number of hydrogen-bond donors (Lipinski definition) is 2. The number of nitrogens with one attached hydrogen (secondary N) is 2. The lowest BCUT2D eigenvalue weighted by Gasteiger charge is -2.28. The summed E-state index contributed by atoms with van der Waals surface area (Å²) in [7, 11) is 0. The predicted molar refractivity (Wildman–Crippen MR) is 121 cm³/mol. The van der Waals surface area contributed by atoms with Gasteiger partial charge in [-0.25, -0.2) is 4.68 Å². The van der Waals surface area contributed by atoms with Crippen molar-refractivity contribution in [3.05, 3.63) is 76.7 Å². The van der Waals surface area contributed by atoms with Crippen LogP contribution < -0.4 is 15.4 Å². The van der Waals surface area contributed by atoms with Crippen molar-refractivity contribution >= 4 is 29.1 Å². The number of carbonyl (C=O) groups excluding carboxylic acids is 1. The van der Waals surface area contributed by atoms with Gasteiger partial charge in [0.05, 0.1) is 12.2 Å². The number of allylic oxidation sites excluding steroid dienone is 1. The minimum atomic E-state index is -0.421. The largest absolute Gasteiger partial charge is 0.494 e. The van der Waals surface area contributed by atoms with E-state index in [4.69, 9.17) is 16.3 Å². The Morgan fingerprint density at radius 2 is 1.94 bits per heavy atom. The summed E-state index contributed by atoms with van der Waals surface area (Å²) in [4.78, 5) is 17.6. The van der Waals surface area contributed by atoms with Gasteiger partial charge >= 0.3 is 0 Å². The van der Waals surface area contributed by atoms with Gasteiger partial charge in [0, 0.05) is 16.4 Å². The van der Waals surface area contributed by atoms with Crippen molar-refractivity contribution in [3.8, 4) is 5.75 Å². The van der Waals surface area contributed by atoms with Gasteiger partial charge in [0.25, 0.3) is 5.91 Å². The minimum Gasteiger partial charge on any atom is -0.494 e. The Balaban J connectivity index is 1.64. The Hall–Kier alpha value is -3.32. The van der Waals surface area contributed by atoms with Crippen LogP contribution >= 0.6 is 11.6 Å². The molecule has 7 nitrogen and oxygen atoms in total. The second-order valence-electron chi connectivity index (χ2n) is 7.33. The summed E-state index contributed by atoms with van der Waals surface area (Å²) in [5.41, 5.74) is 2.86. The molecule has 0 unspecified atom stereocenters. The van der Waals surface area contributed by atoms with Crippen molar-refractivity contribution in [3.63, 3.8) is 0 Å². The van der Waals surface area contributed by atoms with E-state index >= 15 is 0 Å². The van der Waals surface area contributed by atoms with E-state index in [1.54, 1.807) is 28.9 Å². The molecule has 0 aliphatic carbocycles.